The first-order valence-electron chi connectivity index (χ1n) is 10.4. The lowest BCUT2D eigenvalue weighted by atomic mass is 9.70. The topological polar surface area (TPSA) is 94.2 Å². The van der Waals surface area contributed by atoms with Gasteiger partial charge in [-0.25, -0.2) is 22.3 Å². The molecule has 4 rings (SSSR count). The molecule has 1 saturated carbocycles. The molecule has 1 atom stereocenters. The molecule has 33 heavy (non-hydrogen) atoms. The number of aromatic amines is 1. The monoisotopic (exact) mass is 485 g/mol. The van der Waals surface area contributed by atoms with Crippen LogP contribution in [-0.4, -0.2) is 44.4 Å². The van der Waals surface area contributed by atoms with E-state index in [1.165, 1.54) is 18.2 Å². The number of aliphatic hydroxyl groups is 1. The van der Waals surface area contributed by atoms with Crippen LogP contribution in [-0.2, 0) is 10.2 Å². The summed E-state index contributed by atoms with van der Waals surface area (Å²) in [6.07, 6.45) is 1.10. The van der Waals surface area contributed by atoms with Gasteiger partial charge in [-0.2, -0.15) is 13.1 Å². The highest BCUT2D eigenvalue weighted by molar-refractivity contribution is 7.87. The van der Waals surface area contributed by atoms with Gasteiger partial charge in [0.05, 0.1) is 23.9 Å². The van der Waals surface area contributed by atoms with Gasteiger partial charge >= 0.3 is 0 Å². The second-order valence-corrected chi connectivity index (χ2v) is 9.80. The van der Waals surface area contributed by atoms with Crippen molar-refractivity contribution < 1.29 is 31.1 Å². The molecular formula is C22H23F4N3O3S. The third-order valence-corrected chi connectivity index (χ3v) is 7.12. The summed E-state index contributed by atoms with van der Waals surface area (Å²) in [5, 5.41) is 9.35. The Morgan fingerprint density at radius 2 is 1.79 bits per heavy atom. The first kappa shape index (κ1) is 23.7. The molecule has 1 aliphatic rings. The molecule has 1 fully saturated rings. The van der Waals surface area contributed by atoms with Crippen LogP contribution in [0.15, 0.2) is 36.4 Å². The molecule has 6 nitrogen and oxygen atoms in total. The zero-order chi connectivity index (χ0) is 23.8. The van der Waals surface area contributed by atoms with Crippen molar-refractivity contribution in [3.05, 3.63) is 59.4 Å². The molecule has 0 saturated heterocycles. The lowest BCUT2D eigenvalue weighted by Gasteiger charge is -2.36. The van der Waals surface area contributed by atoms with E-state index in [1.54, 1.807) is 12.1 Å². The maximum Gasteiger partial charge on any atom is 0.277 e. The Morgan fingerprint density at radius 3 is 2.42 bits per heavy atom. The summed E-state index contributed by atoms with van der Waals surface area (Å²) >= 11 is 0. The lowest BCUT2D eigenvalue weighted by Crippen LogP contribution is -2.47. The van der Waals surface area contributed by atoms with E-state index in [0.717, 1.165) is 6.07 Å². The van der Waals surface area contributed by atoms with Crippen molar-refractivity contribution in [1.29, 1.82) is 0 Å². The fourth-order valence-corrected chi connectivity index (χ4v) is 5.37. The van der Waals surface area contributed by atoms with E-state index in [0.29, 0.717) is 35.0 Å². The van der Waals surface area contributed by atoms with Gasteiger partial charge in [0.15, 0.2) is 0 Å². The first-order chi connectivity index (χ1) is 15.7. The SMILES string of the molecule is O=S(=O)(NC[C@H]1C[C@H](c2c(-c3ccc(F)cc3)[nH]c3c(F)cc(F)cc32)C1)NC(CO)CF. The number of aromatic nitrogens is 1. The highest BCUT2D eigenvalue weighted by Gasteiger charge is 2.35. The summed E-state index contributed by atoms with van der Waals surface area (Å²) in [5.74, 6) is -2.02. The van der Waals surface area contributed by atoms with Crippen molar-refractivity contribution in [3.8, 4) is 11.3 Å². The van der Waals surface area contributed by atoms with Crippen LogP contribution in [0.25, 0.3) is 22.2 Å². The number of halogens is 4. The van der Waals surface area contributed by atoms with Crippen molar-refractivity contribution in [3.63, 3.8) is 0 Å². The van der Waals surface area contributed by atoms with Crippen LogP contribution in [0.4, 0.5) is 17.6 Å². The normalized spacial score (nSPS) is 19.5. The highest BCUT2D eigenvalue weighted by Crippen LogP contribution is 2.48. The van der Waals surface area contributed by atoms with Gasteiger partial charge in [-0.3, -0.25) is 0 Å². The van der Waals surface area contributed by atoms with Crippen LogP contribution in [0.2, 0.25) is 0 Å². The van der Waals surface area contributed by atoms with E-state index >= 15 is 0 Å². The molecule has 1 aromatic heterocycles. The van der Waals surface area contributed by atoms with Crippen LogP contribution >= 0.6 is 0 Å². The number of hydrogen-bond donors (Lipinski definition) is 4. The van der Waals surface area contributed by atoms with E-state index in [4.69, 9.17) is 5.11 Å². The maximum absolute atomic E-state index is 14.4. The molecule has 0 spiro atoms. The molecule has 178 valence electrons. The minimum absolute atomic E-state index is 0.0473. The number of alkyl halides is 1. The molecule has 0 radical (unpaired) electrons. The van der Waals surface area contributed by atoms with Crippen LogP contribution < -0.4 is 9.44 Å². The molecule has 2 aromatic carbocycles. The van der Waals surface area contributed by atoms with Crippen LogP contribution in [0.1, 0.15) is 24.3 Å². The molecule has 0 amide bonds. The molecule has 4 N–H and O–H groups in total. The molecule has 3 aromatic rings. The lowest BCUT2D eigenvalue weighted by molar-refractivity contribution is 0.231. The van der Waals surface area contributed by atoms with Gasteiger partial charge in [0, 0.05) is 18.0 Å². The zero-order valence-electron chi connectivity index (χ0n) is 17.4. The number of nitrogens with one attached hydrogen (secondary N) is 3. The fraction of sp³-hybridized carbons (Fsp3) is 0.364. The summed E-state index contributed by atoms with van der Waals surface area (Å²) in [6, 6.07) is 6.49. The van der Waals surface area contributed by atoms with Gasteiger partial charge in [-0.15, -0.1) is 0 Å². The van der Waals surface area contributed by atoms with E-state index < -0.39 is 47.0 Å². The van der Waals surface area contributed by atoms with E-state index in [-0.39, 0.29) is 23.9 Å². The number of H-pyrrole nitrogens is 1. The summed E-state index contributed by atoms with van der Waals surface area (Å²) in [5.41, 5.74) is 2.04. The van der Waals surface area contributed by atoms with Crippen molar-refractivity contribution in [2.24, 2.45) is 5.92 Å². The average molecular weight is 486 g/mol. The first-order valence-corrected chi connectivity index (χ1v) is 11.9. The van der Waals surface area contributed by atoms with Gasteiger partial charge in [0.1, 0.15) is 24.1 Å². The minimum atomic E-state index is -3.99. The Bertz CT molecular complexity index is 1240. The smallest absolute Gasteiger partial charge is 0.277 e. The number of hydrogen-bond acceptors (Lipinski definition) is 3. The Balaban J connectivity index is 1.54. The van der Waals surface area contributed by atoms with Crippen LogP contribution in [0.3, 0.4) is 0 Å². The number of benzene rings is 2. The van der Waals surface area contributed by atoms with Crippen molar-refractivity contribution in [2.75, 3.05) is 19.8 Å². The van der Waals surface area contributed by atoms with Gasteiger partial charge in [-0.05, 0) is 66.1 Å². The van der Waals surface area contributed by atoms with E-state index in [9.17, 15) is 26.0 Å². The molecule has 1 heterocycles. The Hall–Kier alpha value is -2.47. The summed E-state index contributed by atoms with van der Waals surface area (Å²) in [4.78, 5) is 3.01. The Kier molecular flexibility index (Phi) is 6.76. The largest absolute Gasteiger partial charge is 0.395 e. The van der Waals surface area contributed by atoms with Crippen molar-refractivity contribution >= 4 is 21.1 Å². The minimum Gasteiger partial charge on any atom is -0.395 e. The van der Waals surface area contributed by atoms with Gasteiger partial charge < -0.3 is 10.1 Å². The molecule has 11 heteroatoms. The summed E-state index contributed by atoms with van der Waals surface area (Å²) < 4.78 is 82.9. The third kappa shape index (κ3) is 5.06. The molecule has 1 unspecified atom stereocenters. The van der Waals surface area contributed by atoms with E-state index in [1.807, 2.05) is 4.72 Å². The predicted octanol–water partition coefficient (Wildman–Crippen LogP) is 3.50. The number of fused-ring (bicyclic) bond motifs is 1. The van der Waals surface area contributed by atoms with Gasteiger partial charge in [-0.1, -0.05) is 0 Å². The Labute approximate surface area is 188 Å². The summed E-state index contributed by atoms with van der Waals surface area (Å²) in [6.45, 7) is -1.61. The maximum atomic E-state index is 14.4. The predicted molar refractivity (Wildman–Crippen MR) is 116 cm³/mol. The van der Waals surface area contributed by atoms with Crippen molar-refractivity contribution in [1.82, 2.24) is 14.4 Å². The zero-order valence-corrected chi connectivity index (χ0v) is 18.2. The van der Waals surface area contributed by atoms with Crippen molar-refractivity contribution in [2.45, 2.75) is 24.8 Å². The van der Waals surface area contributed by atoms with Gasteiger partial charge in [0.25, 0.3) is 10.2 Å². The third-order valence-electron chi connectivity index (χ3n) is 5.93. The van der Waals surface area contributed by atoms with Gasteiger partial charge in [0.2, 0.25) is 0 Å². The molecular weight excluding hydrogens is 462 g/mol. The van der Waals surface area contributed by atoms with Crippen LogP contribution in [0, 0.1) is 23.4 Å². The molecule has 0 aliphatic heterocycles. The quantitative estimate of drug-likeness (QED) is 0.350. The standard InChI is InChI=1S/C22H23F4N3O3S/c23-9-17(11-30)29-33(31,32)27-10-12-5-14(6-12)20-18-7-16(25)8-19(26)22(18)28-21(20)13-1-3-15(24)4-2-13/h1-4,7-8,12,14,17,27-30H,5-6,9-11H2/t12-,14-,17?. The number of aliphatic hydroxyl groups excluding tert-OH is 1. The average Bonchev–Trinajstić information content (AvgIpc) is 3.11. The molecule has 0 bridgehead atoms. The number of rotatable bonds is 9. The van der Waals surface area contributed by atoms with Crippen LogP contribution in [0.5, 0.6) is 0 Å². The highest BCUT2D eigenvalue weighted by atomic mass is 32.2. The summed E-state index contributed by atoms with van der Waals surface area (Å²) in [7, 11) is -3.99. The molecule has 1 aliphatic carbocycles. The fourth-order valence-electron chi connectivity index (χ4n) is 4.25. The van der Waals surface area contributed by atoms with E-state index in [2.05, 4.69) is 9.71 Å². The second-order valence-electron chi connectivity index (χ2n) is 8.27. The second kappa shape index (κ2) is 9.41. The Morgan fingerprint density at radius 1 is 1.09 bits per heavy atom.